The summed E-state index contributed by atoms with van der Waals surface area (Å²) in [5.74, 6) is -3.40. The van der Waals surface area contributed by atoms with Gasteiger partial charge in [0.25, 0.3) is 0 Å². The molecule has 254 valence electrons. The number of carbonyl (C=O) groups is 1. The van der Waals surface area contributed by atoms with Gasteiger partial charge in [-0.05, 0) is 80.4 Å². The van der Waals surface area contributed by atoms with Crippen molar-refractivity contribution in [2.24, 2.45) is 17.8 Å². The van der Waals surface area contributed by atoms with Gasteiger partial charge < -0.3 is 55.2 Å². The maximum Gasteiger partial charge on any atom is 0.312 e. The molecule has 14 atom stereocenters. The molecule has 0 aromatic rings. The highest BCUT2D eigenvalue weighted by molar-refractivity contribution is 5.74. The molecule has 0 aliphatic carbocycles. The van der Waals surface area contributed by atoms with Gasteiger partial charge in [0.2, 0.25) is 0 Å². The third-order valence-electron chi connectivity index (χ3n) is 9.78. The van der Waals surface area contributed by atoms with Crippen molar-refractivity contribution in [2.75, 3.05) is 27.2 Å². The smallest absolute Gasteiger partial charge is 0.312 e. The second kappa shape index (κ2) is 15.1. The van der Waals surface area contributed by atoms with Gasteiger partial charge in [-0.3, -0.25) is 4.79 Å². The number of ether oxygens (including phenoxy) is 3. The van der Waals surface area contributed by atoms with Crippen LogP contribution in [0.15, 0.2) is 0 Å². The second-order valence-electron chi connectivity index (χ2n) is 13.8. The molecule has 13 nitrogen and oxygen atoms in total. The van der Waals surface area contributed by atoms with Gasteiger partial charge in [0.15, 0.2) is 6.29 Å². The molecule has 2 saturated heterocycles. The summed E-state index contributed by atoms with van der Waals surface area (Å²) in [6.45, 7) is 13.0. The van der Waals surface area contributed by atoms with Gasteiger partial charge in [-0.1, -0.05) is 20.8 Å². The minimum Gasteiger partial charge on any atom is -0.459 e. The Hall–Kier alpha value is -0.970. The van der Waals surface area contributed by atoms with Crippen molar-refractivity contribution in [2.45, 2.75) is 140 Å². The first kappa shape index (κ1) is 38.2. The SMILES string of the molecule is CC[C@H]1OC(=O)C(C)[C@@](O)(CNO)[C@H](C)[C@@H](O[C@@H]2O[C@H](C)C[C@H](N(C)C)[C@H]2O)[C@@](C)(O)C[C@@H](C)CN[C@H](C)[C@@H](O)[C@]1(C)O. The molecule has 0 aromatic heterocycles. The van der Waals surface area contributed by atoms with Gasteiger partial charge in [0, 0.05) is 18.0 Å². The van der Waals surface area contributed by atoms with Crippen LogP contribution in [0.25, 0.3) is 0 Å². The third-order valence-corrected chi connectivity index (χ3v) is 9.78. The molecule has 0 saturated carbocycles. The number of rotatable bonds is 6. The summed E-state index contributed by atoms with van der Waals surface area (Å²) in [4.78, 5) is 15.5. The first-order chi connectivity index (χ1) is 19.7. The summed E-state index contributed by atoms with van der Waals surface area (Å²) in [5, 5.41) is 70.8. The van der Waals surface area contributed by atoms with Crippen molar-refractivity contribution in [1.29, 1.82) is 0 Å². The van der Waals surface area contributed by atoms with E-state index in [1.165, 1.54) is 13.8 Å². The van der Waals surface area contributed by atoms with Crippen LogP contribution >= 0.6 is 0 Å². The zero-order valence-corrected chi connectivity index (χ0v) is 27.6. The molecule has 0 spiro atoms. The largest absolute Gasteiger partial charge is 0.459 e. The van der Waals surface area contributed by atoms with Crippen LogP contribution in [-0.4, -0.2) is 134 Å². The first-order valence-electron chi connectivity index (χ1n) is 15.6. The predicted molar refractivity (Wildman–Crippen MR) is 159 cm³/mol. The zero-order valence-electron chi connectivity index (χ0n) is 27.6. The number of cyclic esters (lactones) is 1. The van der Waals surface area contributed by atoms with E-state index < -0.39 is 77.9 Å². The Labute approximate surface area is 256 Å². The van der Waals surface area contributed by atoms with E-state index >= 15 is 0 Å². The van der Waals surface area contributed by atoms with Crippen LogP contribution in [0, 0.1) is 17.8 Å². The van der Waals surface area contributed by atoms with Crippen LogP contribution in [0.5, 0.6) is 0 Å². The van der Waals surface area contributed by atoms with Crippen molar-refractivity contribution in [3.8, 4) is 0 Å². The molecule has 43 heavy (non-hydrogen) atoms. The lowest BCUT2D eigenvalue weighted by Gasteiger charge is -2.49. The maximum absolute atomic E-state index is 13.6. The minimum atomic E-state index is -2.05. The fraction of sp³-hybridized carbons (Fsp3) is 0.967. The van der Waals surface area contributed by atoms with Gasteiger partial charge in [-0.25, -0.2) is 5.48 Å². The van der Waals surface area contributed by atoms with E-state index in [2.05, 4.69) is 5.32 Å². The molecule has 8 N–H and O–H groups in total. The van der Waals surface area contributed by atoms with Gasteiger partial charge in [0.05, 0.1) is 35.9 Å². The van der Waals surface area contributed by atoms with E-state index in [1.54, 1.807) is 27.7 Å². The van der Waals surface area contributed by atoms with Crippen LogP contribution in [0.1, 0.15) is 74.7 Å². The molecule has 0 amide bonds. The molecule has 0 radical (unpaired) electrons. The third kappa shape index (κ3) is 8.64. The fourth-order valence-electron chi connectivity index (χ4n) is 6.85. The molecule has 2 aliphatic rings. The average molecular weight is 622 g/mol. The lowest BCUT2D eigenvalue weighted by atomic mass is 9.70. The van der Waals surface area contributed by atoms with Crippen LogP contribution < -0.4 is 10.8 Å². The summed E-state index contributed by atoms with van der Waals surface area (Å²) >= 11 is 0. The van der Waals surface area contributed by atoms with Crippen LogP contribution in [0.3, 0.4) is 0 Å². The van der Waals surface area contributed by atoms with Crippen LogP contribution in [0.4, 0.5) is 0 Å². The Morgan fingerprint density at radius 2 is 1.70 bits per heavy atom. The number of hydrogen-bond donors (Lipinski definition) is 8. The Balaban J connectivity index is 2.64. The number of nitrogens with zero attached hydrogens (tertiary/aromatic N) is 1. The number of hydroxylamine groups is 1. The monoisotopic (exact) mass is 621 g/mol. The number of nitrogens with one attached hydrogen (secondary N) is 2. The Kier molecular flexibility index (Phi) is 13.4. The predicted octanol–water partition coefficient (Wildman–Crippen LogP) is -0.0177. The van der Waals surface area contributed by atoms with Crippen molar-refractivity contribution in [3.05, 3.63) is 0 Å². The minimum absolute atomic E-state index is 0.155. The Bertz CT molecular complexity index is 892. The van der Waals surface area contributed by atoms with E-state index in [0.717, 1.165) is 0 Å². The molecule has 1 unspecified atom stereocenters. The lowest BCUT2D eigenvalue weighted by molar-refractivity contribution is -0.304. The summed E-state index contributed by atoms with van der Waals surface area (Å²) in [6.07, 6.45) is -5.25. The van der Waals surface area contributed by atoms with E-state index in [4.69, 9.17) is 14.2 Å². The molecular weight excluding hydrogens is 562 g/mol. The van der Waals surface area contributed by atoms with Crippen molar-refractivity contribution >= 4 is 5.97 Å². The molecule has 0 bridgehead atoms. The molecule has 2 rings (SSSR count). The van der Waals surface area contributed by atoms with Crippen molar-refractivity contribution in [3.63, 3.8) is 0 Å². The second-order valence-corrected chi connectivity index (χ2v) is 13.8. The zero-order chi connectivity index (χ0) is 33.1. The van der Waals surface area contributed by atoms with Gasteiger partial charge >= 0.3 is 5.97 Å². The summed E-state index contributed by atoms with van der Waals surface area (Å²) in [6, 6.07) is -0.896. The molecule has 13 heteroatoms. The van der Waals surface area contributed by atoms with Crippen molar-refractivity contribution < 1.29 is 49.7 Å². The summed E-state index contributed by atoms with van der Waals surface area (Å²) in [7, 11) is 3.69. The number of carbonyl (C=O) groups excluding carboxylic acids is 1. The lowest BCUT2D eigenvalue weighted by Crippen LogP contribution is -2.63. The number of esters is 1. The summed E-state index contributed by atoms with van der Waals surface area (Å²) in [5.41, 5.74) is -3.54. The first-order valence-corrected chi connectivity index (χ1v) is 15.6. The number of likely N-dealkylation sites (N-methyl/N-ethyl adjacent to an activating group) is 1. The Morgan fingerprint density at radius 3 is 2.23 bits per heavy atom. The fourth-order valence-corrected chi connectivity index (χ4v) is 6.85. The van der Waals surface area contributed by atoms with E-state index in [-0.39, 0.29) is 30.9 Å². The average Bonchev–Trinajstić information content (AvgIpc) is 2.92. The van der Waals surface area contributed by atoms with Crippen molar-refractivity contribution in [1.82, 2.24) is 15.7 Å². The van der Waals surface area contributed by atoms with E-state index in [0.29, 0.717) is 13.0 Å². The highest BCUT2D eigenvalue weighted by atomic mass is 16.7. The molecule has 2 heterocycles. The summed E-state index contributed by atoms with van der Waals surface area (Å²) < 4.78 is 18.2. The normalized spacial score (nSPS) is 47.9. The van der Waals surface area contributed by atoms with Gasteiger partial charge in [-0.15, -0.1) is 0 Å². The van der Waals surface area contributed by atoms with Gasteiger partial charge in [-0.2, -0.15) is 0 Å². The van der Waals surface area contributed by atoms with E-state index in [1.807, 2.05) is 38.3 Å². The maximum atomic E-state index is 13.6. The highest BCUT2D eigenvalue weighted by Crippen LogP contribution is 2.40. The number of aliphatic hydroxyl groups excluding tert-OH is 2. The molecule has 2 fully saturated rings. The topological polar surface area (TPSA) is 193 Å². The number of hydrogen-bond acceptors (Lipinski definition) is 13. The Morgan fingerprint density at radius 1 is 1.09 bits per heavy atom. The molecule has 0 aromatic carbocycles. The van der Waals surface area contributed by atoms with Gasteiger partial charge in [0.1, 0.15) is 23.9 Å². The highest BCUT2D eigenvalue weighted by Gasteiger charge is 2.54. The molecule has 2 aliphatic heterocycles. The van der Waals surface area contributed by atoms with Crippen LogP contribution in [-0.2, 0) is 19.0 Å². The molecular formula is C30H59N3O10. The van der Waals surface area contributed by atoms with Crippen LogP contribution in [0.2, 0.25) is 0 Å². The standard InChI is InChI=1S/C30H59N3O10/c1-11-22-29(8,38)24(35)20(6)31-14-16(2)13-28(7,37)25(18(4)30(39,15-32-40)19(5)26(36)42-22)43-27-23(34)21(33(9)10)12-17(3)41-27/h16-25,27,31-32,34-35,37-40H,11-15H2,1-10H3/t16-,17-,18-,19?,20-,21+,22-,23-,24-,25-,27+,28+,29-,30-/m1/s1. The van der Waals surface area contributed by atoms with E-state index in [9.17, 15) is 35.5 Å². The quantitative estimate of drug-likeness (QED) is 0.146. The number of aliphatic hydroxyl groups is 5.